The van der Waals surface area contributed by atoms with Crippen molar-refractivity contribution in [2.45, 2.75) is 55.6 Å². The molecule has 2 saturated heterocycles. The van der Waals surface area contributed by atoms with E-state index < -0.39 is 16.1 Å². The van der Waals surface area contributed by atoms with Crippen LogP contribution < -0.4 is 43.5 Å². The Morgan fingerprint density at radius 3 is 2.45 bits per heavy atom. The maximum Gasteiger partial charge on any atom is 0.280 e. The number of aliphatic hydroxyl groups is 1. The second-order valence-corrected chi connectivity index (χ2v) is 20.2. The predicted octanol–water partition coefficient (Wildman–Crippen LogP) is 8.20. The van der Waals surface area contributed by atoms with Crippen molar-refractivity contribution in [1.82, 2.24) is 25.3 Å². The molecule has 4 aromatic carbocycles. The van der Waals surface area contributed by atoms with Gasteiger partial charge in [-0.2, -0.15) is 13.4 Å². The summed E-state index contributed by atoms with van der Waals surface area (Å²) in [6.07, 6.45) is 5.73. The summed E-state index contributed by atoms with van der Waals surface area (Å²) in [4.78, 5) is 21.4. The third kappa shape index (κ3) is 13.7. The van der Waals surface area contributed by atoms with Crippen molar-refractivity contribution < 1.29 is 51.1 Å². The van der Waals surface area contributed by atoms with Crippen LogP contribution in [0.25, 0.3) is 11.4 Å². The van der Waals surface area contributed by atoms with Gasteiger partial charge in [0.05, 0.1) is 51.8 Å². The van der Waals surface area contributed by atoms with Gasteiger partial charge in [-0.15, -0.1) is 0 Å². The highest BCUT2D eigenvalue weighted by Gasteiger charge is 2.35. The average Bonchev–Trinajstić information content (AvgIpc) is 3.93. The lowest BCUT2D eigenvalue weighted by atomic mass is 9.85. The number of nitrogens with one attached hydrogen (secondary N) is 2. The molecule has 0 saturated carbocycles. The van der Waals surface area contributed by atoms with E-state index in [-0.39, 0.29) is 52.2 Å². The Labute approximate surface area is 448 Å². The van der Waals surface area contributed by atoms with Gasteiger partial charge in [0, 0.05) is 82.1 Å². The molecule has 0 radical (unpaired) electrons. The highest BCUT2D eigenvalue weighted by Crippen LogP contribution is 2.42. The number of rotatable bonds is 19. The number of sulfonamides is 1. The van der Waals surface area contributed by atoms with Crippen molar-refractivity contribution in [2.75, 3.05) is 88.3 Å². The Hall–Kier alpha value is -7.62. The molecule has 0 spiro atoms. The van der Waals surface area contributed by atoms with E-state index >= 15 is 0 Å². The van der Waals surface area contributed by atoms with Crippen molar-refractivity contribution >= 4 is 27.2 Å². The minimum Gasteiger partial charge on any atom is -0.493 e. The van der Waals surface area contributed by atoms with E-state index in [0.717, 1.165) is 78.6 Å². The van der Waals surface area contributed by atoms with Crippen LogP contribution in [0.1, 0.15) is 35.4 Å². The number of aliphatic hydroxyl groups excluding tert-OH is 1. The summed E-state index contributed by atoms with van der Waals surface area (Å²) in [6, 6.07) is 34.3. The molecule has 0 aliphatic carbocycles. The molecule has 10 rings (SSSR count). The van der Waals surface area contributed by atoms with Crippen LogP contribution in [0.5, 0.6) is 34.6 Å². The molecular weight excluding hydrogens is 1010 g/mol. The fourth-order valence-electron chi connectivity index (χ4n) is 9.38. The van der Waals surface area contributed by atoms with Crippen LogP contribution in [0.2, 0.25) is 0 Å². The average molecular weight is 1070 g/mol. The van der Waals surface area contributed by atoms with Crippen LogP contribution in [0.3, 0.4) is 0 Å². The van der Waals surface area contributed by atoms with Crippen molar-refractivity contribution in [2.24, 2.45) is 0 Å². The SMILES string of the molecule is COCCCN1CCOc2ccc(CO[C@H]3CNC[C@@H](O)[C@@H]3c3ccc(OC4CCN(c5cccc(F)c5)C4)cc3)cc21.COc1ccccc1Oc1c(NS(=O)(=O)c2ccc(C)cn2)nc(-c2ccncc2)nc1OC. The number of hydrogen-bond donors (Lipinski definition) is 3. The lowest BCUT2D eigenvalue weighted by Gasteiger charge is -2.36. The number of anilines is 3. The van der Waals surface area contributed by atoms with E-state index in [9.17, 15) is 17.9 Å². The number of hydrogen-bond acceptors (Lipinski definition) is 17. The monoisotopic (exact) mass is 1070 g/mol. The molecule has 0 bridgehead atoms. The summed E-state index contributed by atoms with van der Waals surface area (Å²) in [6.45, 7) is 8.17. The fraction of sp³-hybridized carbons (Fsp3) is 0.333. The molecule has 3 N–H and O–H groups in total. The van der Waals surface area contributed by atoms with E-state index in [4.69, 9.17) is 33.2 Å². The number of aromatic nitrogens is 4. The van der Waals surface area contributed by atoms with Gasteiger partial charge >= 0.3 is 0 Å². The van der Waals surface area contributed by atoms with Gasteiger partial charge in [0.15, 0.2) is 28.2 Å². The largest absolute Gasteiger partial charge is 0.493 e. The molecule has 3 aliphatic heterocycles. The first kappa shape index (κ1) is 54.2. The number of pyridine rings is 2. The van der Waals surface area contributed by atoms with Crippen molar-refractivity contribution in [3.63, 3.8) is 0 Å². The molecule has 1 unspecified atom stereocenters. The molecule has 2 fully saturated rings. The van der Waals surface area contributed by atoms with Gasteiger partial charge in [0.2, 0.25) is 5.75 Å². The van der Waals surface area contributed by atoms with Gasteiger partial charge in [0.25, 0.3) is 15.9 Å². The third-order valence-corrected chi connectivity index (χ3v) is 14.5. The summed E-state index contributed by atoms with van der Waals surface area (Å²) >= 11 is 0. The van der Waals surface area contributed by atoms with E-state index in [1.807, 2.05) is 43.3 Å². The van der Waals surface area contributed by atoms with E-state index in [0.29, 0.717) is 49.9 Å². The van der Waals surface area contributed by atoms with Gasteiger partial charge in [-0.25, -0.2) is 14.4 Å². The number of benzene rings is 4. The molecule has 18 nitrogen and oxygen atoms in total. The van der Waals surface area contributed by atoms with Crippen molar-refractivity contribution in [3.8, 4) is 46.0 Å². The summed E-state index contributed by atoms with van der Waals surface area (Å²) in [5.41, 5.74) is 5.51. The number of para-hydroxylation sites is 2. The lowest BCUT2D eigenvalue weighted by molar-refractivity contribution is -0.0328. The van der Waals surface area contributed by atoms with Crippen LogP contribution in [0.15, 0.2) is 139 Å². The summed E-state index contributed by atoms with van der Waals surface area (Å²) in [5, 5.41) is 14.1. The van der Waals surface area contributed by atoms with E-state index in [2.05, 4.69) is 51.9 Å². The van der Waals surface area contributed by atoms with Crippen molar-refractivity contribution in [3.05, 3.63) is 156 Å². The molecule has 0 amide bonds. The molecule has 7 aromatic rings. The quantitative estimate of drug-likeness (QED) is 0.0654. The summed E-state index contributed by atoms with van der Waals surface area (Å²) in [7, 11) is 0.509. The maximum absolute atomic E-state index is 13.7. The standard InChI is InChI=1S/C34H42FN3O5.C23H21N5O5S/c1-40-16-3-13-37-15-17-41-32-11-6-24(18-30(32)37)23-42-33-21-36-20-31(39)34(33)25-7-9-28(10-8-25)43-29-12-14-38(22-29)27-5-2-4-26(35)19-27;1-15-8-9-19(25-14-15)34(29,30)28-22-20(33-18-7-5-4-6-17(18)31-2)23(32-3)27-21(26-22)16-10-12-24-13-11-16/h2,4-11,18-19,29,31,33-34,36,39H,3,12-17,20-23H2,1H3;4-14H,1-3H3,(H,26,27,28)/t29?,31-,33+,34+;/m1./s1. The van der Waals surface area contributed by atoms with Crippen LogP contribution in [0.4, 0.5) is 21.6 Å². The van der Waals surface area contributed by atoms with Crippen LogP contribution >= 0.6 is 0 Å². The smallest absolute Gasteiger partial charge is 0.280 e. The first-order chi connectivity index (χ1) is 37.5. The van der Waals surface area contributed by atoms with Gasteiger partial charge in [0.1, 0.15) is 30.0 Å². The van der Waals surface area contributed by atoms with Crippen molar-refractivity contribution in [1.29, 1.82) is 0 Å². The molecule has 4 atom stereocenters. The van der Waals surface area contributed by atoms with E-state index in [1.54, 1.807) is 74.1 Å². The topological polar surface area (TPSA) is 201 Å². The minimum absolute atomic E-state index is 0.0160. The molecule has 3 aliphatic rings. The zero-order chi connectivity index (χ0) is 53.7. The molecule has 77 heavy (non-hydrogen) atoms. The number of halogens is 1. The Bertz CT molecular complexity index is 3160. The second-order valence-electron chi connectivity index (χ2n) is 18.6. The van der Waals surface area contributed by atoms with Gasteiger partial charge in [-0.05, 0) is 103 Å². The first-order valence-corrected chi connectivity index (χ1v) is 26.9. The number of ether oxygens (including phenoxy) is 7. The zero-order valence-corrected chi connectivity index (χ0v) is 44.2. The lowest BCUT2D eigenvalue weighted by Crippen LogP contribution is -2.49. The van der Waals surface area contributed by atoms with Gasteiger partial charge in [-0.3, -0.25) is 9.71 Å². The Morgan fingerprint density at radius 2 is 1.70 bits per heavy atom. The first-order valence-electron chi connectivity index (χ1n) is 25.4. The van der Waals surface area contributed by atoms with Crippen LogP contribution in [-0.2, 0) is 26.1 Å². The van der Waals surface area contributed by atoms with Crippen LogP contribution in [0, 0.1) is 12.7 Å². The Morgan fingerprint density at radius 1 is 0.883 bits per heavy atom. The molecular formula is C57H63FN8O10S. The fourth-order valence-corrected chi connectivity index (χ4v) is 10.3. The number of aryl methyl sites for hydroxylation is 1. The molecule has 6 heterocycles. The predicted molar refractivity (Wildman–Crippen MR) is 290 cm³/mol. The number of nitrogens with zero attached hydrogens (tertiary/aromatic N) is 6. The normalized spacial score (nSPS) is 18.1. The highest BCUT2D eigenvalue weighted by molar-refractivity contribution is 7.92. The highest BCUT2D eigenvalue weighted by atomic mass is 32.2. The van der Waals surface area contributed by atoms with E-state index in [1.165, 1.54) is 32.5 Å². The number of piperidine rings is 1. The Balaban J connectivity index is 0.000000193. The Kier molecular flexibility index (Phi) is 17.9. The molecule has 3 aromatic heterocycles. The third-order valence-electron chi connectivity index (χ3n) is 13.3. The van der Waals surface area contributed by atoms with Gasteiger partial charge < -0.3 is 53.4 Å². The number of methoxy groups -OCH3 is 3. The second kappa shape index (κ2) is 25.5. The number of fused-ring (bicyclic) bond motifs is 1. The van der Waals surface area contributed by atoms with Crippen LogP contribution in [-0.4, -0.2) is 126 Å². The number of β-amino-alcohol motifs (C(OH)–C–C–N with tert-alkyl or cyclic N) is 1. The maximum atomic E-state index is 13.7. The molecule has 404 valence electrons. The van der Waals surface area contributed by atoms with Gasteiger partial charge in [-0.1, -0.05) is 42.5 Å². The molecule has 20 heteroatoms. The summed E-state index contributed by atoms with van der Waals surface area (Å²) < 4.78 is 83.1. The zero-order valence-electron chi connectivity index (χ0n) is 43.4. The minimum atomic E-state index is -4.12. The summed E-state index contributed by atoms with van der Waals surface area (Å²) in [5.74, 6) is 2.11.